The zero-order valence-electron chi connectivity index (χ0n) is 13.4. The second-order valence-corrected chi connectivity index (χ2v) is 5.99. The molecule has 1 fully saturated rings. The van der Waals surface area contributed by atoms with Crippen LogP contribution in [0.3, 0.4) is 0 Å². The van der Waals surface area contributed by atoms with E-state index in [0.717, 1.165) is 5.56 Å². The van der Waals surface area contributed by atoms with Gasteiger partial charge in [-0.25, -0.2) is 0 Å². The van der Waals surface area contributed by atoms with Gasteiger partial charge in [0.25, 0.3) is 5.91 Å². The van der Waals surface area contributed by atoms with Gasteiger partial charge in [-0.15, -0.1) is 0 Å². The molecule has 1 saturated heterocycles. The van der Waals surface area contributed by atoms with Crippen molar-refractivity contribution in [2.75, 3.05) is 20.8 Å². The van der Waals surface area contributed by atoms with E-state index in [2.05, 4.69) is 5.32 Å². The van der Waals surface area contributed by atoms with Crippen LogP contribution in [0.15, 0.2) is 18.2 Å². The van der Waals surface area contributed by atoms with Crippen molar-refractivity contribution in [2.24, 2.45) is 5.92 Å². The van der Waals surface area contributed by atoms with Crippen molar-refractivity contribution < 1.29 is 14.3 Å². The number of carbonyl (C=O) groups is 1. The van der Waals surface area contributed by atoms with Crippen molar-refractivity contribution in [1.82, 2.24) is 10.2 Å². The summed E-state index contributed by atoms with van der Waals surface area (Å²) in [6.07, 6.45) is 0.707. The summed E-state index contributed by atoms with van der Waals surface area (Å²) < 4.78 is 10.5. The van der Waals surface area contributed by atoms with Crippen molar-refractivity contribution in [3.63, 3.8) is 0 Å². The zero-order chi connectivity index (χ0) is 16.3. The van der Waals surface area contributed by atoms with Gasteiger partial charge in [0.05, 0.1) is 14.2 Å². The van der Waals surface area contributed by atoms with E-state index in [4.69, 9.17) is 21.7 Å². The summed E-state index contributed by atoms with van der Waals surface area (Å²) in [6, 6.07) is 5.56. The lowest BCUT2D eigenvalue weighted by atomic mass is 10.0. The number of nitrogens with one attached hydrogen (secondary N) is 1. The molecule has 1 N–H and O–H groups in total. The number of hydrogen-bond acceptors (Lipinski definition) is 4. The fourth-order valence-corrected chi connectivity index (χ4v) is 2.79. The molecule has 0 unspecified atom stereocenters. The van der Waals surface area contributed by atoms with Gasteiger partial charge in [-0.1, -0.05) is 19.9 Å². The summed E-state index contributed by atoms with van der Waals surface area (Å²) in [5.74, 6) is 1.66. The Balaban J connectivity index is 2.04. The van der Waals surface area contributed by atoms with Gasteiger partial charge in [-0.2, -0.15) is 0 Å². The molecule has 1 heterocycles. The largest absolute Gasteiger partial charge is 0.493 e. The summed E-state index contributed by atoms with van der Waals surface area (Å²) in [5.41, 5.74) is 1.07. The molecule has 0 saturated carbocycles. The predicted molar refractivity (Wildman–Crippen MR) is 89.3 cm³/mol. The Morgan fingerprint density at radius 3 is 2.50 bits per heavy atom. The lowest BCUT2D eigenvalue weighted by Crippen LogP contribution is -2.35. The van der Waals surface area contributed by atoms with Crippen molar-refractivity contribution in [1.29, 1.82) is 0 Å². The molecule has 5 nitrogen and oxygen atoms in total. The van der Waals surface area contributed by atoms with Crippen molar-refractivity contribution in [2.45, 2.75) is 26.3 Å². The highest BCUT2D eigenvalue weighted by Crippen LogP contribution is 2.28. The summed E-state index contributed by atoms with van der Waals surface area (Å²) in [5, 5.41) is 3.61. The van der Waals surface area contributed by atoms with Crippen LogP contribution in [-0.4, -0.2) is 42.7 Å². The van der Waals surface area contributed by atoms with Crippen LogP contribution in [0.25, 0.3) is 0 Å². The van der Waals surface area contributed by atoms with Gasteiger partial charge in [-0.3, -0.25) is 9.69 Å². The second-order valence-electron chi connectivity index (χ2n) is 5.60. The number of amides is 1. The first-order valence-electron chi connectivity index (χ1n) is 7.30. The summed E-state index contributed by atoms with van der Waals surface area (Å²) >= 11 is 5.27. The monoisotopic (exact) mass is 322 g/mol. The maximum atomic E-state index is 12.3. The molecular formula is C16H22N2O3S. The number of nitrogens with zero attached hydrogens (tertiary/aromatic N) is 1. The minimum absolute atomic E-state index is 0.0560. The molecule has 1 aliphatic rings. The predicted octanol–water partition coefficient (Wildman–Crippen LogP) is 1.99. The number of thiocarbonyl (C=S) groups is 1. The summed E-state index contributed by atoms with van der Waals surface area (Å²) in [7, 11) is 3.22. The number of benzene rings is 1. The quantitative estimate of drug-likeness (QED) is 0.812. The molecule has 1 aromatic rings. The molecule has 120 valence electrons. The average Bonchev–Trinajstić information content (AvgIpc) is 2.79. The Bertz CT molecular complexity index is 575. The van der Waals surface area contributed by atoms with Crippen LogP contribution < -0.4 is 14.8 Å². The van der Waals surface area contributed by atoms with E-state index in [1.807, 2.05) is 32.0 Å². The molecule has 22 heavy (non-hydrogen) atoms. The van der Waals surface area contributed by atoms with Crippen LogP contribution in [0.2, 0.25) is 0 Å². The first kappa shape index (κ1) is 16.5. The summed E-state index contributed by atoms with van der Waals surface area (Å²) in [6.45, 7) is 4.58. The molecule has 1 aliphatic heterocycles. The number of carbonyl (C=O) groups excluding carboxylic acids is 1. The molecule has 0 radical (unpaired) electrons. The molecule has 0 spiro atoms. The van der Waals surface area contributed by atoms with Crippen LogP contribution in [0, 0.1) is 5.92 Å². The van der Waals surface area contributed by atoms with Gasteiger partial charge in [0.15, 0.2) is 16.6 Å². The van der Waals surface area contributed by atoms with Crippen LogP contribution >= 0.6 is 12.2 Å². The van der Waals surface area contributed by atoms with E-state index < -0.39 is 0 Å². The Morgan fingerprint density at radius 2 is 1.95 bits per heavy atom. The van der Waals surface area contributed by atoms with Crippen LogP contribution in [0.1, 0.15) is 19.4 Å². The Labute approximate surface area is 136 Å². The fraction of sp³-hybridized carbons (Fsp3) is 0.500. The van der Waals surface area contributed by atoms with Gasteiger partial charge < -0.3 is 14.8 Å². The first-order valence-corrected chi connectivity index (χ1v) is 7.71. The number of ether oxygens (including phenoxy) is 2. The molecule has 0 bridgehead atoms. The molecule has 1 aromatic carbocycles. The third-order valence-corrected chi connectivity index (χ3v) is 4.13. The SMILES string of the molecule is COc1ccc(CCN2C(=O)[C@@H](C(C)C)NC2=S)cc1OC. The van der Waals surface area contributed by atoms with E-state index in [1.165, 1.54) is 0 Å². The maximum Gasteiger partial charge on any atom is 0.251 e. The fourth-order valence-electron chi connectivity index (χ4n) is 2.48. The highest BCUT2D eigenvalue weighted by molar-refractivity contribution is 7.80. The normalized spacial score (nSPS) is 17.9. The number of hydrogen-bond donors (Lipinski definition) is 1. The van der Waals surface area contributed by atoms with Gasteiger partial charge in [-0.05, 0) is 42.3 Å². The Hall–Kier alpha value is -1.82. The minimum Gasteiger partial charge on any atom is -0.493 e. The van der Waals surface area contributed by atoms with E-state index in [9.17, 15) is 4.79 Å². The van der Waals surface area contributed by atoms with Crippen molar-refractivity contribution in [3.8, 4) is 11.5 Å². The third kappa shape index (κ3) is 3.32. The minimum atomic E-state index is -0.210. The maximum absolute atomic E-state index is 12.3. The highest BCUT2D eigenvalue weighted by Gasteiger charge is 2.36. The third-order valence-electron chi connectivity index (χ3n) is 3.79. The van der Waals surface area contributed by atoms with Gasteiger partial charge >= 0.3 is 0 Å². The molecular weight excluding hydrogens is 300 g/mol. The van der Waals surface area contributed by atoms with E-state index in [-0.39, 0.29) is 17.9 Å². The molecule has 0 aromatic heterocycles. The van der Waals surface area contributed by atoms with E-state index >= 15 is 0 Å². The smallest absolute Gasteiger partial charge is 0.251 e. The van der Waals surface area contributed by atoms with Gasteiger partial charge in [0.1, 0.15) is 6.04 Å². The molecule has 1 atom stereocenters. The van der Waals surface area contributed by atoms with Crippen LogP contribution in [0.4, 0.5) is 0 Å². The topological polar surface area (TPSA) is 50.8 Å². The average molecular weight is 322 g/mol. The van der Waals surface area contributed by atoms with Crippen LogP contribution in [-0.2, 0) is 11.2 Å². The second kappa shape index (κ2) is 6.96. The Morgan fingerprint density at radius 1 is 1.27 bits per heavy atom. The van der Waals surface area contributed by atoms with Crippen LogP contribution in [0.5, 0.6) is 11.5 Å². The molecule has 1 amide bonds. The highest BCUT2D eigenvalue weighted by atomic mass is 32.1. The Kier molecular flexibility index (Phi) is 5.24. The van der Waals surface area contributed by atoms with Crippen molar-refractivity contribution >= 4 is 23.2 Å². The lowest BCUT2D eigenvalue weighted by molar-refractivity contribution is -0.127. The zero-order valence-corrected chi connectivity index (χ0v) is 14.2. The van der Waals surface area contributed by atoms with E-state index in [1.54, 1.807) is 19.1 Å². The standard InChI is InChI=1S/C16H22N2O3S/c1-10(2)14-15(19)18(16(22)17-14)8-7-11-5-6-12(20-3)13(9-11)21-4/h5-6,9-10,14H,7-8H2,1-4H3,(H,17,22)/t14-/m1/s1. The summed E-state index contributed by atoms with van der Waals surface area (Å²) in [4.78, 5) is 14.0. The van der Waals surface area contributed by atoms with E-state index in [0.29, 0.717) is 29.6 Å². The van der Waals surface area contributed by atoms with Gasteiger partial charge in [0.2, 0.25) is 0 Å². The molecule has 2 rings (SSSR count). The van der Waals surface area contributed by atoms with Gasteiger partial charge in [0, 0.05) is 6.54 Å². The van der Waals surface area contributed by atoms with Crippen molar-refractivity contribution in [3.05, 3.63) is 23.8 Å². The molecule has 0 aliphatic carbocycles. The lowest BCUT2D eigenvalue weighted by Gasteiger charge is -2.16. The number of rotatable bonds is 6. The first-order chi connectivity index (χ1) is 10.5. The number of methoxy groups -OCH3 is 2. The molecule has 6 heteroatoms.